The monoisotopic (exact) mass is 338 g/mol. The third-order valence-corrected chi connectivity index (χ3v) is 3.12. The molecule has 0 bridgehead atoms. The molecule has 0 heterocycles. The number of nitrogens with zero attached hydrogens (tertiary/aromatic N) is 1. The van der Waals surface area contributed by atoms with Crippen molar-refractivity contribution >= 4 is 23.2 Å². The summed E-state index contributed by atoms with van der Waals surface area (Å²) >= 11 is 5.58. The van der Waals surface area contributed by atoms with Crippen LogP contribution < -0.4 is 5.32 Å². The molecule has 0 atom stereocenters. The molecule has 1 amide bonds. The highest BCUT2D eigenvalue weighted by atomic mass is 35.5. The number of anilines is 1. The van der Waals surface area contributed by atoms with Gasteiger partial charge in [0.05, 0.1) is 24.4 Å². The van der Waals surface area contributed by atoms with Crippen molar-refractivity contribution in [3.8, 4) is 0 Å². The molecule has 22 heavy (non-hydrogen) atoms. The molecule has 1 rings (SSSR count). The van der Waals surface area contributed by atoms with Crippen molar-refractivity contribution in [1.82, 2.24) is 4.90 Å². The summed E-state index contributed by atoms with van der Waals surface area (Å²) in [7, 11) is 0. The molecule has 0 fully saturated rings. The summed E-state index contributed by atoms with van der Waals surface area (Å²) in [5.74, 6) is -0.574. The highest BCUT2D eigenvalue weighted by Crippen LogP contribution is 2.36. The third kappa shape index (κ3) is 5.82. The molecule has 0 radical (unpaired) electrons. The predicted molar refractivity (Wildman–Crippen MR) is 78.9 cm³/mol. The third-order valence-electron chi connectivity index (χ3n) is 2.88. The quantitative estimate of drug-likeness (QED) is 0.803. The second-order valence-electron chi connectivity index (χ2n) is 4.74. The van der Waals surface area contributed by atoms with Gasteiger partial charge >= 0.3 is 6.18 Å². The number of halogens is 4. The van der Waals surface area contributed by atoms with E-state index in [1.807, 2.05) is 6.92 Å². The Morgan fingerprint density at radius 3 is 2.59 bits per heavy atom. The number of aliphatic hydroxyl groups is 1. The number of hydrogen-bond donors (Lipinski definition) is 2. The van der Waals surface area contributed by atoms with Gasteiger partial charge in [-0.1, -0.05) is 18.5 Å². The maximum Gasteiger partial charge on any atom is 0.418 e. The van der Waals surface area contributed by atoms with Crippen molar-refractivity contribution in [2.75, 3.05) is 31.6 Å². The number of hydrogen-bond acceptors (Lipinski definition) is 3. The van der Waals surface area contributed by atoms with Crippen LogP contribution in [0.1, 0.15) is 18.9 Å². The minimum absolute atomic E-state index is 0.0572. The molecule has 0 spiro atoms. The Hall–Kier alpha value is -1.31. The molecule has 1 aromatic rings. The normalized spacial score (nSPS) is 11.8. The Labute approximate surface area is 131 Å². The van der Waals surface area contributed by atoms with E-state index in [1.165, 1.54) is 6.07 Å². The molecule has 0 saturated carbocycles. The van der Waals surface area contributed by atoms with E-state index in [2.05, 4.69) is 5.32 Å². The first-order valence-electron chi connectivity index (χ1n) is 6.77. The van der Waals surface area contributed by atoms with Gasteiger partial charge in [0.2, 0.25) is 5.91 Å². The van der Waals surface area contributed by atoms with Crippen molar-refractivity contribution in [2.45, 2.75) is 19.5 Å². The zero-order chi connectivity index (χ0) is 16.8. The van der Waals surface area contributed by atoms with Gasteiger partial charge in [-0.25, -0.2) is 0 Å². The maximum absolute atomic E-state index is 12.9. The van der Waals surface area contributed by atoms with E-state index in [-0.39, 0.29) is 30.4 Å². The van der Waals surface area contributed by atoms with E-state index in [1.54, 1.807) is 4.90 Å². The predicted octanol–water partition coefficient (Wildman–Crippen LogP) is 3.00. The highest BCUT2D eigenvalue weighted by Gasteiger charge is 2.34. The van der Waals surface area contributed by atoms with Crippen molar-refractivity contribution in [3.63, 3.8) is 0 Å². The largest absolute Gasteiger partial charge is 0.418 e. The standard InChI is InChI=1S/C14H18ClF3N2O2/c1-2-5-20(6-7-21)9-13(22)19-12-4-3-10(15)8-11(12)14(16,17)18/h3-4,8,21H,2,5-7,9H2,1H3,(H,19,22). The fraction of sp³-hybridized carbons (Fsp3) is 0.500. The molecule has 0 unspecified atom stereocenters. The van der Waals surface area contributed by atoms with Gasteiger partial charge in [0.25, 0.3) is 0 Å². The summed E-state index contributed by atoms with van der Waals surface area (Å²) in [6, 6.07) is 3.18. The average molecular weight is 339 g/mol. The summed E-state index contributed by atoms with van der Waals surface area (Å²) < 4.78 is 38.8. The number of amides is 1. The van der Waals surface area contributed by atoms with Crippen LogP contribution >= 0.6 is 11.6 Å². The van der Waals surface area contributed by atoms with Crippen LogP contribution in [0, 0.1) is 0 Å². The minimum Gasteiger partial charge on any atom is -0.395 e. The number of alkyl halides is 3. The molecule has 8 heteroatoms. The molecule has 0 aliphatic rings. The lowest BCUT2D eigenvalue weighted by Gasteiger charge is -2.20. The van der Waals surface area contributed by atoms with Gasteiger partial charge in [0.15, 0.2) is 0 Å². The van der Waals surface area contributed by atoms with Gasteiger partial charge in [-0.3, -0.25) is 9.69 Å². The van der Waals surface area contributed by atoms with Crippen LogP contribution in [-0.2, 0) is 11.0 Å². The first-order valence-corrected chi connectivity index (χ1v) is 7.15. The lowest BCUT2D eigenvalue weighted by molar-refractivity contribution is -0.137. The second-order valence-corrected chi connectivity index (χ2v) is 5.17. The molecule has 0 aliphatic heterocycles. The van der Waals surface area contributed by atoms with Crippen LogP contribution in [0.25, 0.3) is 0 Å². The van der Waals surface area contributed by atoms with E-state index >= 15 is 0 Å². The zero-order valence-electron chi connectivity index (χ0n) is 12.1. The number of rotatable bonds is 7. The van der Waals surface area contributed by atoms with E-state index < -0.39 is 17.6 Å². The molecule has 1 aromatic carbocycles. The van der Waals surface area contributed by atoms with E-state index in [0.29, 0.717) is 6.54 Å². The Bertz CT molecular complexity index is 503. The fourth-order valence-corrected chi connectivity index (χ4v) is 2.15. The molecule has 124 valence electrons. The molecule has 0 aliphatic carbocycles. The fourth-order valence-electron chi connectivity index (χ4n) is 1.98. The first-order chi connectivity index (χ1) is 10.3. The summed E-state index contributed by atoms with van der Waals surface area (Å²) in [5.41, 5.74) is -1.32. The number of benzene rings is 1. The number of carbonyl (C=O) groups excluding carboxylic acids is 1. The summed E-state index contributed by atoms with van der Waals surface area (Å²) in [5, 5.41) is 11.1. The molecular formula is C14H18ClF3N2O2. The van der Waals surface area contributed by atoms with Gasteiger partial charge in [-0.15, -0.1) is 0 Å². The minimum atomic E-state index is -4.61. The topological polar surface area (TPSA) is 52.6 Å². The van der Waals surface area contributed by atoms with E-state index in [4.69, 9.17) is 16.7 Å². The summed E-state index contributed by atoms with van der Waals surface area (Å²) in [4.78, 5) is 13.6. The van der Waals surface area contributed by atoms with Crippen molar-refractivity contribution in [3.05, 3.63) is 28.8 Å². The van der Waals surface area contributed by atoms with Crippen LogP contribution in [0.3, 0.4) is 0 Å². The molecule has 0 saturated heterocycles. The van der Waals surface area contributed by atoms with Crippen LogP contribution in [-0.4, -0.2) is 42.2 Å². The molecular weight excluding hydrogens is 321 g/mol. The molecule has 2 N–H and O–H groups in total. The molecule has 4 nitrogen and oxygen atoms in total. The van der Waals surface area contributed by atoms with Crippen LogP contribution in [0.2, 0.25) is 5.02 Å². The first kappa shape index (κ1) is 18.7. The number of nitrogens with one attached hydrogen (secondary N) is 1. The van der Waals surface area contributed by atoms with Gasteiger partial charge in [-0.05, 0) is 31.2 Å². The highest BCUT2D eigenvalue weighted by molar-refractivity contribution is 6.30. The lowest BCUT2D eigenvalue weighted by atomic mass is 10.1. The Morgan fingerprint density at radius 1 is 1.36 bits per heavy atom. The van der Waals surface area contributed by atoms with Gasteiger partial charge in [0, 0.05) is 11.6 Å². The van der Waals surface area contributed by atoms with Crippen molar-refractivity contribution in [1.29, 1.82) is 0 Å². The van der Waals surface area contributed by atoms with Gasteiger partial charge < -0.3 is 10.4 Å². The summed E-state index contributed by atoms with van der Waals surface area (Å²) in [6.07, 6.45) is -3.84. The van der Waals surface area contributed by atoms with E-state index in [9.17, 15) is 18.0 Å². The Morgan fingerprint density at radius 2 is 2.05 bits per heavy atom. The summed E-state index contributed by atoms with van der Waals surface area (Å²) in [6.45, 7) is 2.55. The number of carbonyl (C=O) groups is 1. The Kier molecular flexibility index (Phi) is 7.12. The van der Waals surface area contributed by atoms with Crippen LogP contribution in [0.4, 0.5) is 18.9 Å². The van der Waals surface area contributed by atoms with Crippen LogP contribution in [0.5, 0.6) is 0 Å². The second kappa shape index (κ2) is 8.36. The van der Waals surface area contributed by atoms with Gasteiger partial charge in [0.1, 0.15) is 0 Å². The maximum atomic E-state index is 12.9. The van der Waals surface area contributed by atoms with E-state index in [0.717, 1.165) is 18.6 Å². The molecule has 0 aromatic heterocycles. The lowest BCUT2D eigenvalue weighted by Crippen LogP contribution is -2.36. The van der Waals surface area contributed by atoms with Gasteiger partial charge in [-0.2, -0.15) is 13.2 Å². The van der Waals surface area contributed by atoms with Crippen LogP contribution in [0.15, 0.2) is 18.2 Å². The SMILES string of the molecule is CCCN(CCO)CC(=O)Nc1ccc(Cl)cc1C(F)(F)F. The van der Waals surface area contributed by atoms with Crippen molar-refractivity contribution in [2.24, 2.45) is 0 Å². The Balaban J connectivity index is 2.83. The average Bonchev–Trinajstić information content (AvgIpc) is 2.40. The van der Waals surface area contributed by atoms with Crippen molar-refractivity contribution < 1.29 is 23.1 Å². The zero-order valence-corrected chi connectivity index (χ0v) is 12.8. The number of aliphatic hydroxyl groups excluding tert-OH is 1. The smallest absolute Gasteiger partial charge is 0.395 e.